The summed E-state index contributed by atoms with van der Waals surface area (Å²) in [5.41, 5.74) is 6.28. The summed E-state index contributed by atoms with van der Waals surface area (Å²) in [5, 5.41) is 4.21. The largest absolute Gasteiger partial charge is 0.447 e. The van der Waals surface area contributed by atoms with Gasteiger partial charge in [-0.15, -0.1) is 0 Å². The number of hydrazine groups is 1. The second kappa shape index (κ2) is 7.08. The highest BCUT2D eigenvalue weighted by atomic mass is 35.5. The fraction of sp³-hybridized carbons (Fsp3) is 0.0588. The van der Waals surface area contributed by atoms with Gasteiger partial charge in [0, 0.05) is 21.7 Å². The normalized spacial score (nSPS) is 10.5. The van der Waals surface area contributed by atoms with Crippen LogP contribution in [0.3, 0.4) is 0 Å². The van der Waals surface area contributed by atoms with Crippen molar-refractivity contribution < 1.29 is 13.6 Å². The number of carbonyl (C=O) groups is 1. The fourth-order valence-corrected chi connectivity index (χ4v) is 2.59. The van der Waals surface area contributed by atoms with Crippen LogP contribution in [0.1, 0.15) is 16.1 Å². The Morgan fingerprint density at radius 2 is 1.88 bits per heavy atom. The van der Waals surface area contributed by atoms with Gasteiger partial charge in [-0.25, -0.2) is 4.39 Å². The number of anilines is 1. The van der Waals surface area contributed by atoms with Gasteiger partial charge < -0.3 is 9.73 Å². The Morgan fingerprint density at radius 3 is 2.56 bits per heavy atom. The third-order valence-electron chi connectivity index (χ3n) is 3.51. The summed E-state index contributed by atoms with van der Waals surface area (Å²) >= 11 is 10.9. The number of amides is 1. The highest BCUT2D eigenvalue weighted by Crippen LogP contribution is 2.27. The number of nitrogens with one attached hydrogen (secondary N) is 3. The van der Waals surface area contributed by atoms with Crippen molar-refractivity contribution in [1.29, 1.82) is 0 Å². The van der Waals surface area contributed by atoms with Crippen LogP contribution in [0, 0.1) is 12.7 Å². The lowest BCUT2D eigenvalue weighted by Gasteiger charge is -2.11. The zero-order valence-electron chi connectivity index (χ0n) is 13.0. The molecular weight excluding hydrogens is 365 g/mol. The van der Waals surface area contributed by atoms with Gasteiger partial charge in [0.15, 0.2) is 22.3 Å². The standard InChI is InChI=1S/C17H13ClFN3O2S/c1-9-12-3-2-4-13(19)15(12)24-14(9)16(23)21-22-17(25)20-11-7-5-10(18)6-8-11/h2-8H,1H3,(H,21,23)(H2,20,22,25). The molecule has 8 heteroatoms. The van der Waals surface area contributed by atoms with E-state index in [2.05, 4.69) is 16.2 Å². The third kappa shape index (κ3) is 3.72. The SMILES string of the molecule is Cc1c(C(=O)NNC(=S)Nc2ccc(Cl)cc2)oc2c(F)cccc12. The summed E-state index contributed by atoms with van der Waals surface area (Å²) in [4.78, 5) is 12.3. The maximum absolute atomic E-state index is 13.7. The zero-order valence-corrected chi connectivity index (χ0v) is 14.6. The summed E-state index contributed by atoms with van der Waals surface area (Å²) in [7, 11) is 0. The van der Waals surface area contributed by atoms with Crippen molar-refractivity contribution in [3.8, 4) is 0 Å². The monoisotopic (exact) mass is 377 g/mol. The molecular formula is C17H13ClFN3O2S. The molecule has 0 aliphatic rings. The molecule has 1 heterocycles. The molecule has 0 radical (unpaired) electrons. The van der Waals surface area contributed by atoms with Crippen molar-refractivity contribution >= 4 is 51.5 Å². The molecule has 25 heavy (non-hydrogen) atoms. The average Bonchev–Trinajstić information content (AvgIpc) is 2.93. The van der Waals surface area contributed by atoms with E-state index >= 15 is 0 Å². The van der Waals surface area contributed by atoms with Crippen LogP contribution < -0.4 is 16.2 Å². The molecule has 3 N–H and O–H groups in total. The fourth-order valence-electron chi connectivity index (χ4n) is 2.29. The molecule has 0 fully saturated rings. The average molecular weight is 378 g/mol. The van der Waals surface area contributed by atoms with Crippen molar-refractivity contribution in [3.05, 3.63) is 64.6 Å². The predicted molar refractivity (Wildman–Crippen MR) is 99.2 cm³/mol. The minimum Gasteiger partial charge on any atom is -0.447 e. The van der Waals surface area contributed by atoms with Crippen molar-refractivity contribution in [3.63, 3.8) is 0 Å². The van der Waals surface area contributed by atoms with Gasteiger partial charge in [0.25, 0.3) is 0 Å². The molecule has 0 saturated heterocycles. The van der Waals surface area contributed by atoms with Crippen molar-refractivity contribution in [1.82, 2.24) is 10.9 Å². The highest BCUT2D eigenvalue weighted by molar-refractivity contribution is 7.80. The molecule has 0 spiro atoms. The van der Waals surface area contributed by atoms with E-state index in [-0.39, 0.29) is 16.5 Å². The Morgan fingerprint density at radius 1 is 1.16 bits per heavy atom. The number of halogens is 2. The lowest BCUT2D eigenvalue weighted by Crippen LogP contribution is -2.43. The quantitative estimate of drug-likeness (QED) is 0.462. The molecule has 0 unspecified atom stereocenters. The number of rotatable bonds is 2. The molecule has 0 atom stereocenters. The maximum atomic E-state index is 13.7. The molecule has 128 valence electrons. The van der Waals surface area contributed by atoms with E-state index in [4.69, 9.17) is 28.2 Å². The molecule has 3 aromatic rings. The molecule has 0 bridgehead atoms. The molecule has 1 aromatic heterocycles. The lowest BCUT2D eigenvalue weighted by molar-refractivity contribution is 0.0917. The molecule has 0 aliphatic carbocycles. The van der Waals surface area contributed by atoms with E-state index in [1.54, 1.807) is 43.3 Å². The molecule has 2 aromatic carbocycles. The van der Waals surface area contributed by atoms with Crippen LogP contribution in [0.25, 0.3) is 11.0 Å². The second-order valence-corrected chi connectivity index (χ2v) is 6.06. The van der Waals surface area contributed by atoms with Gasteiger partial charge in [0.1, 0.15) is 0 Å². The van der Waals surface area contributed by atoms with Gasteiger partial charge >= 0.3 is 5.91 Å². The van der Waals surface area contributed by atoms with Crippen LogP contribution in [0.5, 0.6) is 0 Å². The summed E-state index contributed by atoms with van der Waals surface area (Å²) < 4.78 is 19.1. The van der Waals surface area contributed by atoms with Gasteiger partial charge in [-0.1, -0.05) is 23.7 Å². The van der Waals surface area contributed by atoms with Gasteiger partial charge in [0.2, 0.25) is 0 Å². The van der Waals surface area contributed by atoms with Crippen molar-refractivity contribution in [2.45, 2.75) is 6.92 Å². The van der Waals surface area contributed by atoms with E-state index in [9.17, 15) is 9.18 Å². The number of furan rings is 1. The number of carbonyl (C=O) groups excluding carboxylic acids is 1. The molecule has 0 aliphatic heterocycles. The first-order valence-electron chi connectivity index (χ1n) is 7.26. The van der Waals surface area contributed by atoms with Crippen LogP contribution in [-0.4, -0.2) is 11.0 Å². The van der Waals surface area contributed by atoms with Gasteiger partial charge in [0.05, 0.1) is 0 Å². The highest BCUT2D eigenvalue weighted by Gasteiger charge is 2.19. The summed E-state index contributed by atoms with van der Waals surface area (Å²) in [6.07, 6.45) is 0. The van der Waals surface area contributed by atoms with E-state index in [1.807, 2.05) is 0 Å². The minimum atomic E-state index is -0.562. The van der Waals surface area contributed by atoms with E-state index in [1.165, 1.54) is 6.07 Å². The maximum Gasteiger partial charge on any atom is 0.305 e. The van der Waals surface area contributed by atoms with Crippen molar-refractivity contribution in [2.24, 2.45) is 0 Å². The van der Waals surface area contributed by atoms with Gasteiger partial charge in [-0.05, 0) is 49.5 Å². The Kier molecular flexibility index (Phi) is 4.87. The summed E-state index contributed by atoms with van der Waals surface area (Å²) in [5.74, 6) is -1.07. The number of aryl methyl sites for hydroxylation is 1. The van der Waals surface area contributed by atoms with E-state index < -0.39 is 11.7 Å². The Balaban J connectivity index is 1.66. The predicted octanol–water partition coefficient (Wildman–Crippen LogP) is 4.17. The number of fused-ring (bicyclic) bond motifs is 1. The van der Waals surface area contributed by atoms with E-state index in [0.29, 0.717) is 21.7 Å². The number of para-hydroxylation sites is 1. The molecule has 0 saturated carbocycles. The Bertz CT molecular complexity index is 956. The van der Waals surface area contributed by atoms with E-state index in [0.717, 1.165) is 0 Å². The van der Waals surface area contributed by atoms with Crippen LogP contribution in [-0.2, 0) is 0 Å². The summed E-state index contributed by atoms with van der Waals surface area (Å²) in [6.45, 7) is 1.68. The van der Waals surface area contributed by atoms with Crippen LogP contribution in [0.15, 0.2) is 46.9 Å². The number of thiocarbonyl (C=S) groups is 1. The lowest BCUT2D eigenvalue weighted by atomic mass is 10.1. The van der Waals surface area contributed by atoms with Crippen LogP contribution >= 0.6 is 23.8 Å². The number of benzene rings is 2. The number of hydrogen-bond donors (Lipinski definition) is 3. The molecule has 1 amide bonds. The first-order valence-corrected chi connectivity index (χ1v) is 8.05. The van der Waals surface area contributed by atoms with Crippen molar-refractivity contribution in [2.75, 3.05) is 5.32 Å². The topological polar surface area (TPSA) is 66.3 Å². The van der Waals surface area contributed by atoms with Crippen LogP contribution in [0.2, 0.25) is 5.02 Å². The first-order chi connectivity index (χ1) is 12.0. The summed E-state index contributed by atoms with van der Waals surface area (Å²) in [6, 6.07) is 11.4. The van der Waals surface area contributed by atoms with Gasteiger partial charge in [-0.3, -0.25) is 15.6 Å². The third-order valence-corrected chi connectivity index (χ3v) is 3.97. The minimum absolute atomic E-state index is 0.0156. The Labute approximate surface area is 153 Å². The first kappa shape index (κ1) is 17.2. The second-order valence-electron chi connectivity index (χ2n) is 5.21. The smallest absolute Gasteiger partial charge is 0.305 e. The molecule has 3 rings (SSSR count). The Hall–Kier alpha value is -2.64. The number of hydrogen-bond acceptors (Lipinski definition) is 3. The molecule has 5 nitrogen and oxygen atoms in total. The zero-order chi connectivity index (χ0) is 18.0. The van der Waals surface area contributed by atoms with Crippen LogP contribution in [0.4, 0.5) is 10.1 Å². The van der Waals surface area contributed by atoms with Gasteiger partial charge in [-0.2, -0.15) is 0 Å².